The van der Waals surface area contributed by atoms with Crippen molar-refractivity contribution in [3.63, 3.8) is 0 Å². The molecule has 1 N–H and O–H groups in total. The zero-order valence-electron chi connectivity index (χ0n) is 10.5. The molecule has 0 atom stereocenters. The van der Waals surface area contributed by atoms with Gasteiger partial charge in [-0.15, -0.1) is 0 Å². The number of nitrogens with zero attached hydrogens (tertiary/aromatic N) is 2. The predicted octanol–water partition coefficient (Wildman–Crippen LogP) is 2.22. The minimum atomic E-state index is -0.443. The number of aromatic nitrogens is 2. The highest BCUT2D eigenvalue weighted by Gasteiger charge is 2.14. The van der Waals surface area contributed by atoms with Gasteiger partial charge in [0.05, 0.1) is 5.69 Å². The van der Waals surface area contributed by atoms with Gasteiger partial charge in [0.25, 0.3) is 0 Å². The van der Waals surface area contributed by atoms with E-state index in [0.717, 1.165) is 0 Å². The molecule has 1 rings (SSSR count). The Balaban J connectivity index is 2.47. The normalized spacial score (nSPS) is 11.1. The number of amides is 1. The highest BCUT2D eigenvalue weighted by molar-refractivity contribution is 7.98. The van der Waals surface area contributed by atoms with Crippen LogP contribution in [0.2, 0.25) is 0 Å². The van der Waals surface area contributed by atoms with E-state index in [4.69, 9.17) is 4.74 Å². The van der Waals surface area contributed by atoms with Crippen molar-refractivity contribution in [2.24, 2.45) is 0 Å². The van der Waals surface area contributed by atoms with Crippen molar-refractivity contribution in [3.05, 3.63) is 18.0 Å². The molecule has 1 aromatic heterocycles. The number of rotatable bonds is 3. The average molecular weight is 255 g/mol. The van der Waals surface area contributed by atoms with Gasteiger partial charge in [0.1, 0.15) is 6.61 Å². The Hall–Kier alpha value is -1.30. The Morgan fingerprint density at radius 1 is 1.53 bits per heavy atom. The number of nitrogens with one attached hydrogen (secondary N) is 1. The molecule has 1 amide bonds. The first-order valence-electron chi connectivity index (χ1n) is 5.21. The summed E-state index contributed by atoms with van der Waals surface area (Å²) in [5.41, 5.74) is 0.390. The molecule has 17 heavy (non-hydrogen) atoms. The van der Waals surface area contributed by atoms with Crippen LogP contribution in [0.1, 0.15) is 26.5 Å². The van der Waals surface area contributed by atoms with Crippen LogP contribution >= 0.6 is 11.8 Å². The van der Waals surface area contributed by atoms with Gasteiger partial charge in [0, 0.05) is 11.7 Å². The molecule has 1 heterocycles. The molecule has 0 fully saturated rings. The van der Waals surface area contributed by atoms with E-state index in [1.165, 1.54) is 11.8 Å². The first-order valence-corrected chi connectivity index (χ1v) is 6.44. The summed E-state index contributed by atoms with van der Waals surface area (Å²) >= 11 is 1.45. The van der Waals surface area contributed by atoms with Crippen molar-refractivity contribution in [1.29, 1.82) is 0 Å². The maximum atomic E-state index is 11.4. The molecule has 5 nitrogen and oxygen atoms in total. The molecule has 1 aromatic rings. The van der Waals surface area contributed by atoms with Crippen molar-refractivity contribution in [3.8, 4) is 0 Å². The van der Waals surface area contributed by atoms with Crippen LogP contribution in [0.25, 0.3) is 0 Å². The third-order valence-electron chi connectivity index (χ3n) is 1.70. The summed E-state index contributed by atoms with van der Waals surface area (Å²) in [4.78, 5) is 19.7. The van der Waals surface area contributed by atoms with Crippen LogP contribution < -0.4 is 5.32 Å². The van der Waals surface area contributed by atoms with Crippen molar-refractivity contribution in [1.82, 2.24) is 15.3 Å². The minimum absolute atomic E-state index is 0.151. The second-order valence-corrected chi connectivity index (χ2v) is 5.26. The van der Waals surface area contributed by atoms with E-state index in [2.05, 4.69) is 15.3 Å². The van der Waals surface area contributed by atoms with Crippen LogP contribution in [-0.2, 0) is 11.3 Å². The zero-order chi connectivity index (χ0) is 12.9. The predicted molar refractivity (Wildman–Crippen MR) is 66.9 cm³/mol. The van der Waals surface area contributed by atoms with E-state index in [0.29, 0.717) is 10.9 Å². The van der Waals surface area contributed by atoms with Crippen LogP contribution in [0.15, 0.2) is 17.4 Å². The van der Waals surface area contributed by atoms with Gasteiger partial charge in [-0.2, -0.15) is 0 Å². The van der Waals surface area contributed by atoms with E-state index >= 15 is 0 Å². The third kappa shape index (κ3) is 5.53. The fraction of sp³-hybridized carbons (Fsp3) is 0.545. The Labute approximate surface area is 105 Å². The van der Waals surface area contributed by atoms with Crippen molar-refractivity contribution < 1.29 is 9.53 Å². The number of hydrogen-bond acceptors (Lipinski definition) is 5. The molecule has 0 saturated heterocycles. The number of alkyl carbamates (subject to hydrolysis) is 1. The van der Waals surface area contributed by atoms with Gasteiger partial charge < -0.3 is 10.1 Å². The number of thioether (sulfide) groups is 1. The average Bonchev–Trinajstić information content (AvgIpc) is 2.24. The molecule has 0 aromatic carbocycles. The topological polar surface area (TPSA) is 64.1 Å². The first-order chi connectivity index (χ1) is 7.90. The number of hydrogen-bond donors (Lipinski definition) is 1. The lowest BCUT2D eigenvalue weighted by Gasteiger charge is -2.19. The number of ether oxygens (including phenoxy) is 1. The SMILES string of the molecule is CSc1nccc(COC(=O)NC(C)(C)C)n1. The molecular formula is C11H17N3O2S. The summed E-state index contributed by atoms with van der Waals surface area (Å²) in [6.07, 6.45) is 3.10. The van der Waals surface area contributed by atoms with E-state index in [1.807, 2.05) is 27.0 Å². The monoisotopic (exact) mass is 255 g/mol. The lowest BCUT2D eigenvalue weighted by Crippen LogP contribution is -2.40. The standard InChI is InChI=1S/C11H17N3O2S/c1-11(2,3)14-10(15)16-7-8-5-6-12-9(13-8)17-4/h5-6H,7H2,1-4H3,(H,14,15). The quantitative estimate of drug-likeness (QED) is 0.662. The van der Waals surface area contributed by atoms with Gasteiger partial charge in [-0.1, -0.05) is 11.8 Å². The molecule has 0 radical (unpaired) electrons. The lowest BCUT2D eigenvalue weighted by molar-refractivity contribution is 0.129. The molecule has 0 spiro atoms. The summed E-state index contributed by atoms with van der Waals surface area (Å²) < 4.78 is 5.05. The van der Waals surface area contributed by atoms with Crippen molar-refractivity contribution >= 4 is 17.9 Å². The van der Waals surface area contributed by atoms with Crippen LogP contribution in [0.3, 0.4) is 0 Å². The van der Waals surface area contributed by atoms with Crippen LogP contribution in [-0.4, -0.2) is 27.9 Å². The fourth-order valence-electron chi connectivity index (χ4n) is 1.04. The first kappa shape index (κ1) is 13.8. The lowest BCUT2D eigenvalue weighted by atomic mass is 10.1. The molecular weight excluding hydrogens is 238 g/mol. The van der Waals surface area contributed by atoms with Gasteiger partial charge in [0.2, 0.25) is 0 Å². The Kier molecular flexibility index (Phi) is 4.74. The van der Waals surface area contributed by atoms with Gasteiger partial charge in [-0.05, 0) is 33.1 Å². The molecule has 0 saturated carbocycles. The third-order valence-corrected chi connectivity index (χ3v) is 2.26. The van der Waals surface area contributed by atoms with Gasteiger partial charge in [0.15, 0.2) is 5.16 Å². The smallest absolute Gasteiger partial charge is 0.407 e. The highest BCUT2D eigenvalue weighted by Crippen LogP contribution is 2.08. The van der Waals surface area contributed by atoms with E-state index in [9.17, 15) is 4.79 Å². The summed E-state index contributed by atoms with van der Waals surface area (Å²) in [5, 5.41) is 3.38. The molecule has 0 aliphatic carbocycles. The van der Waals surface area contributed by atoms with E-state index < -0.39 is 6.09 Å². The second kappa shape index (κ2) is 5.86. The van der Waals surface area contributed by atoms with Crippen molar-refractivity contribution in [2.75, 3.05) is 6.26 Å². The van der Waals surface area contributed by atoms with E-state index in [1.54, 1.807) is 12.3 Å². The van der Waals surface area contributed by atoms with Crippen LogP contribution in [0.5, 0.6) is 0 Å². The molecule has 94 valence electrons. The molecule has 0 aliphatic heterocycles. The summed E-state index contributed by atoms with van der Waals surface area (Å²) in [6, 6.07) is 1.73. The van der Waals surface area contributed by atoms with E-state index in [-0.39, 0.29) is 12.1 Å². The Morgan fingerprint density at radius 3 is 2.82 bits per heavy atom. The maximum Gasteiger partial charge on any atom is 0.407 e. The van der Waals surface area contributed by atoms with Crippen LogP contribution in [0.4, 0.5) is 4.79 Å². The molecule has 6 heteroatoms. The number of carbonyl (C=O) groups is 1. The number of carbonyl (C=O) groups excluding carboxylic acids is 1. The van der Waals surface area contributed by atoms with Gasteiger partial charge >= 0.3 is 6.09 Å². The highest BCUT2D eigenvalue weighted by atomic mass is 32.2. The zero-order valence-corrected chi connectivity index (χ0v) is 11.3. The Bertz CT molecular complexity index is 391. The van der Waals surface area contributed by atoms with Crippen molar-refractivity contribution in [2.45, 2.75) is 38.1 Å². The summed E-state index contributed by atoms with van der Waals surface area (Å²) in [7, 11) is 0. The van der Waals surface area contributed by atoms with Gasteiger partial charge in [-0.3, -0.25) is 0 Å². The maximum absolute atomic E-state index is 11.4. The molecule has 0 aliphatic rings. The fourth-order valence-corrected chi connectivity index (χ4v) is 1.41. The van der Waals surface area contributed by atoms with Crippen LogP contribution in [0, 0.1) is 0 Å². The Morgan fingerprint density at radius 2 is 2.24 bits per heavy atom. The minimum Gasteiger partial charge on any atom is -0.443 e. The molecule has 0 bridgehead atoms. The second-order valence-electron chi connectivity index (χ2n) is 4.49. The summed E-state index contributed by atoms with van der Waals surface area (Å²) in [5.74, 6) is 0. The molecule has 0 unspecified atom stereocenters. The largest absolute Gasteiger partial charge is 0.443 e. The summed E-state index contributed by atoms with van der Waals surface area (Å²) in [6.45, 7) is 5.83. The van der Waals surface area contributed by atoms with Gasteiger partial charge in [-0.25, -0.2) is 14.8 Å².